The molecule has 0 unspecified atom stereocenters. The Kier molecular flexibility index (Phi) is 7.77. The molecular weight excluding hydrogens is 272 g/mol. The van der Waals surface area contributed by atoms with Gasteiger partial charge >= 0.3 is 0 Å². The number of rotatable bonds is 0. The number of pyridine rings is 2. The van der Waals surface area contributed by atoms with Gasteiger partial charge in [0, 0.05) is 22.5 Å². The van der Waals surface area contributed by atoms with E-state index in [0.717, 1.165) is 0 Å². The summed E-state index contributed by atoms with van der Waals surface area (Å²) in [6, 6.07) is 11.1. The molecule has 0 aliphatic rings. The Morgan fingerprint density at radius 2 is 1.16 bits per heavy atom. The maximum absolute atomic E-state index is 8.52. The number of nitrogens with two attached hydrogens (primary N) is 2. The van der Waals surface area contributed by atoms with E-state index in [9.17, 15) is 0 Å². The SMILES string of the molecule is Nc1cccc[nH+]1.Nc1cccc[nH+]1.O=S(=O)([O-])[O-]. The molecule has 0 aromatic carbocycles. The average Bonchev–Trinajstić information content (AvgIpc) is 2.29. The van der Waals surface area contributed by atoms with Gasteiger partial charge in [-0.1, -0.05) is 12.1 Å². The zero-order valence-electron chi connectivity index (χ0n) is 9.81. The van der Waals surface area contributed by atoms with E-state index in [0.29, 0.717) is 11.6 Å². The van der Waals surface area contributed by atoms with Crippen molar-refractivity contribution in [3.63, 3.8) is 0 Å². The van der Waals surface area contributed by atoms with Crippen LogP contribution in [0.4, 0.5) is 11.6 Å². The van der Waals surface area contributed by atoms with E-state index in [2.05, 4.69) is 9.97 Å². The van der Waals surface area contributed by atoms with Crippen LogP contribution in [0.3, 0.4) is 0 Å². The number of anilines is 2. The van der Waals surface area contributed by atoms with Gasteiger partial charge in [0.2, 0.25) is 0 Å². The molecule has 2 heterocycles. The van der Waals surface area contributed by atoms with Crippen molar-refractivity contribution < 1.29 is 27.5 Å². The van der Waals surface area contributed by atoms with Crippen LogP contribution >= 0.6 is 0 Å². The predicted molar refractivity (Wildman–Crippen MR) is 65.3 cm³/mol. The van der Waals surface area contributed by atoms with Gasteiger partial charge in [-0.15, -0.1) is 0 Å². The lowest BCUT2D eigenvalue weighted by Crippen LogP contribution is -2.06. The summed E-state index contributed by atoms with van der Waals surface area (Å²) in [6.07, 6.45) is 3.57. The zero-order valence-corrected chi connectivity index (χ0v) is 10.6. The molecule has 2 aromatic heterocycles. The topological polar surface area (TPSA) is 161 Å². The molecule has 9 heteroatoms. The van der Waals surface area contributed by atoms with Crippen molar-refractivity contribution in [2.45, 2.75) is 0 Å². The van der Waals surface area contributed by atoms with Gasteiger partial charge in [-0.3, -0.25) is 19.9 Å². The third-order valence-corrected chi connectivity index (χ3v) is 1.47. The third-order valence-electron chi connectivity index (χ3n) is 1.47. The number of aromatic amines is 2. The molecule has 19 heavy (non-hydrogen) atoms. The van der Waals surface area contributed by atoms with Crippen molar-refractivity contribution in [2.75, 3.05) is 11.5 Å². The maximum Gasteiger partial charge on any atom is 0.269 e. The summed E-state index contributed by atoms with van der Waals surface area (Å²) >= 11 is 0. The molecule has 2 rings (SSSR count). The Bertz CT molecular complexity index is 503. The van der Waals surface area contributed by atoms with E-state index >= 15 is 0 Å². The Morgan fingerprint density at radius 3 is 1.26 bits per heavy atom. The summed E-state index contributed by atoms with van der Waals surface area (Å²) < 4.78 is 34.1. The summed E-state index contributed by atoms with van der Waals surface area (Å²) in [5.41, 5.74) is 10.6. The molecule has 8 nitrogen and oxygen atoms in total. The predicted octanol–water partition coefficient (Wildman–Crippen LogP) is -1.17. The molecule has 0 aliphatic carbocycles. The maximum atomic E-state index is 8.52. The molecular formula is C10H14N4O4S. The van der Waals surface area contributed by atoms with E-state index < -0.39 is 10.4 Å². The lowest BCUT2D eigenvalue weighted by molar-refractivity contribution is -0.360. The van der Waals surface area contributed by atoms with Crippen LogP contribution in [0.25, 0.3) is 0 Å². The monoisotopic (exact) mass is 286 g/mol. The van der Waals surface area contributed by atoms with E-state index in [-0.39, 0.29) is 0 Å². The number of nitrogen functional groups attached to an aromatic ring is 2. The van der Waals surface area contributed by atoms with Crippen LogP contribution in [0.15, 0.2) is 48.8 Å². The minimum atomic E-state index is -5.17. The van der Waals surface area contributed by atoms with Crippen molar-refractivity contribution in [3.8, 4) is 0 Å². The third kappa shape index (κ3) is 15.8. The standard InChI is InChI=1S/2C5H6N2.H2O4S/c2*6-5-3-1-2-4-7-5;1-5(2,3)4/h2*1-4H,(H2,6,7);(H2,1,2,3,4). The molecule has 0 bridgehead atoms. The molecule has 2 aromatic rings. The number of H-pyrrole nitrogens is 2. The highest BCUT2D eigenvalue weighted by Crippen LogP contribution is 1.83. The van der Waals surface area contributed by atoms with E-state index in [1.165, 1.54) is 0 Å². The smallest absolute Gasteiger partial charge is 0.269 e. The first-order valence-corrected chi connectivity index (χ1v) is 6.23. The summed E-state index contributed by atoms with van der Waals surface area (Å²) in [6.45, 7) is 0. The van der Waals surface area contributed by atoms with Gasteiger partial charge in [-0.25, -0.2) is 9.97 Å². The minimum Gasteiger partial charge on any atom is -0.759 e. The molecule has 0 amide bonds. The Morgan fingerprint density at radius 1 is 0.842 bits per heavy atom. The molecule has 0 aliphatic heterocycles. The number of hydrogen-bond donors (Lipinski definition) is 2. The van der Waals surface area contributed by atoms with Crippen LogP contribution in [0.2, 0.25) is 0 Å². The van der Waals surface area contributed by atoms with Crippen molar-refractivity contribution >= 4 is 22.0 Å². The fourth-order valence-electron chi connectivity index (χ4n) is 0.814. The van der Waals surface area contributed by atoms with E-state index in [1.807, 2.05) is 24.3 Å². The lowest BCUT2D eigenvalue weighted by atomic mass is 10.5. The first-order chi connectivity index (χ1) is 8.79. The molecule has 0 spiro atoms. The van der Waals surface area contributed by atoms with Crippen LogP contribution in [0, 0.1) is 0 Å². The van der Waals surface area contributed by atoms with E-state index in [1.54, 1.807) is 24.5 Å². The first kappa shape index (κ1) is 16.8. The fraction of sp³-hybridized carbons (Fsp3) is 0. The van der Waals surface area contributed by atoms with Gasteiger partial charge in [0.05, 0.1) is 12.4 Å². The lowest BCUT2D eigenvalue weighted by Gasteiger charge is -2.06. The van der Waals surface area contributed by atoms with Gasteiger partial charge in [0.25, 0.3) is 11.6 Å². The van der Waals surface area contributed by atoms with Crippen LogP contribution < -0.4 is 21.4 Å². The Labute approximate surface area is 110 Å². The Balaban J connectivity index is 0.000000261. The summed E-state index contributed by atoms with van der Waals surface area (Å²) in [5, 5.41) is 0. The fourth-order valence-corrected chi connectivity index (χ4v) is 0.814. The number of hydrogen-bond acceptors (Lipinski definition) is 6. The molecule has 104 valence electrons. The molecule has 0 fully saturated rings. The zero-order chi connectivity index (χ0) is 14.7. The van der Waals surface area contributed by atoms with Gasteiger partial charge in [0.15, 0.2) is 0 Å². The minimum absolute atomic E-state index is 0.697. The molecule has 0 saturated heterocycles. The van der Waals surface area contributed by atoms with Crippen molar-refractivity contribution in [3.05, 3.63) is 48.8 Å². The second kappa shape index (κ2) is 8.80. The quantitative estimate of drug-likeness (QED) is 0.458. The molecule has 0 radical (unpaired) electrons. The van der Waals surface area contributed by atoms with Gasteiger partial charge in [-0.05, 0) is 12.1 Å². The Hall–Kier alpha value is -2.23. The number of aromatic nitrogens is 2. The van der Waals surface area contributed by atoms with Crippen molar-refractivity contribution in [2.24, 2.45) is 0 Å². The van der Waals surface area contributed by atoms with E-state index in [4.69, 9.17) is 29.0 Å². The molecule has 0 saturated carbocycles. The van der Waals surface area contributed by atoms with Gasteiger partial charge < -0.3 is 9.11 Å². The summed E-state index contributed by atoms with van der Waals surface area (Å²) in [7, 11) is -5.17. The van der Waals surface area contributed by atoms with Gasteiger partial charge in [-0.2, -0.15) is 0 Å². The number of nitrogens with one attached hydrogen (secondary N) is 2. The normalized spacial score (nSPS) is 9.37. The first-order valence-electron chi connectivity index (χ1n) is 4.90. The largest absolute Gasteiger partial charge is 0.759 e. The highest BCUT2D eigenvalue weighted by molar-refractivity contribution is 7.79. The second-order valence-corrected chi connectivity index (χ2v) is 3.86. The summed E-state index contributed by atoms with van der Waals surface area (Å²) in [4.78, 5) is 5.62. The van der Waals surface area contributed by atoms with Crippen molar-refractivity contribution in [1.29, 1.82) is 0 Å². The second-order valence-electron chi connectivity index (χ2n) is 3.04. The van der Waals surface area contributed by atoms with Crippen LogP contribution in [-0.4, -0.2) is 17.5 Å². The van der Waals surface area contributed by atoms with Gasteiger partial charge in [0.1, 0.15) is 0 Å². The van der Waals surface area contributed by atoms with Crippen LogP contribution in [0.1, 0.15) is 0 Å². The highest BCUT2D eigenvalue weighted by atomic mass is 32.3. The molecule has 0 atom stereocenters. The van der Waals surface area contributed by atoms with Crippen molar-refractivity contribution in [1.82, 2.24) is 0 Å². The van der Waals surface area contributed by atoms with Crippen LogP contribution in [-0.2, 0) is 10.4 Å². The molecule has 6 N–H and O–H groups in total. The summed E-state index contributed by atoms with van der Waals surface area (Å²) in [5.74, 6) is 1.39. The van der Waals surface area contributed by atoms with Crippen LogP contribution in [0.5, 0.6) is 0 Å². The highest BCUT2D eigenvalue weighted by Gasteiger charge is 1.81. The average molecular weight is 286 g/mol.